The summed E-state index contributed by atoms with van der Waals surface area (Å²) in [7, 11) is 0. The topological polar surface area (TPSA) is 78.9 Å². The van der Waals surface area contributed by atoms with Gasteiger partial charge in [0, 0.05) is 19.3 Å². The summed E-state index contributed by atoms with van der Waals surface area (Å²) in [5.74, 6) is -1.07. The number of hydrogen-bond acceptors (Lipinski definition) is 6. The number of esters is 3. The Labute approximate surface area is 416 Å². The highest BCUT2D eigenvalue weighted by atomic mass is 16.6. The number of carbonyl (C=O) groups excluding carboxylic acids is 3. The van der Waals surface area contributed by atoms with Gasteiger partial charge in [0.15, 0.2) is 6.10 Å². The molecule has 0 aromatic rings. The predicted octanol–water partition coefficient (Wildman–Crippen LogP) is 17.8. The van der Waals surface area contributed by atoms with Crippen molar-refractivity contribution in [3.63, 3.8) is 0 Å². The largest absolute Gasteiger partial charge is 0.462 e. The van der Waals surface area contributed by atoms with Gasteiger partial charge in [-0.25, -0.2) is 0 Å². The second-order valence-corrected chi connectivity index (χ2v) is 16.7. The van der Waals surface area contributed by atoms with E-state index in [0.717, 1.165) is 128 Å². The predicted molar refractivity (Wildman–Crippen MR) is 292 cm³/mol. The van der Waals surface area contributed by atoms with Crippen LogP contribution in [0.25, 0.3) is 0 Å². The summed E-state index contributed by atoms with van der Waals surface area (Å²) < 4.78 is 16.6. The van der Waals surface area contributed by atoms with Crippen molar-refractivity contribution in [1.29, 1.82) is 0 Å². The second kappa shape index (κ2) is 54.6. The summed E-state index contributed by atoms with van der Waals surface area (Å²) in [6.07, 6.45) is 80.0. The SMILES string of the molecule is CC/C=C\C/C=C\C/C=C\C/C=C\C/C=C\C/C=C\C/C=C\C/C=C\C/C=C\CCCCCC(=O)OCC(COC(=O)CCCCCCCC)OC(=O)CC/C=C\C/C=C\C/C=C\C/C=C\CC. The first kappa shape index (κ1) is 63.0. The van der Waals surface area contributed by atoms with Crippen LogP contribution < -0.4 is 0 Å². The summed E-state index contributed by atoms with van der Waals surface area (Å²) in [6.45, 7) is 6.22. The van der Waals surface area contributed by atoms with Gasteiger partial charge in [0.25, 0.3) is 0 Å². The molecule has 0 heterocycles. The zero-order valence-electron chi connectivity index (χ0n) is 43.0. The lowest BCUT2D eigenvalue weighted by molar-refractivity contribution is -0.166. The summed E-state index contributed by atoms with van der Waals surface area (Å²) in [4.78, 5) is 37.7. The molecule has 0 spiro atoms. The van der Waals surface area contributed by atoms with Crippen LogP contribution in [0.4, 0.5) is 0 Å². The molecule has 0 aliphatic heterocycles. The van der Waals surface area contributed by atoms with Gasteiger partial charge in [0.05, 0.1) is 0 Å². The molecule has 6 heteroatoms. The molecule has 378 valence electrons. The molecule has 0 N–H and O–H groups in total. The van der Waals surface area contributed by atoms with Gasteiger partial charge in [-0.2, -0.15) is 0 Å². The van der Waals surface area contributed by atoms with Crippen molar-refractivity contribution in [2.45, 2.75) is 200 Å². The Hall–Kier alpha value is -4.97. The van der Waals surface area contributed by atoms with Crippen LogP contribution >= 0.6 is 0 Å². The monoisotopic (exact) mass is 935 g/mol. The summed E-state index contributed by atoms with van der Waals surface area (Å²) in [5.41, 5.74) is 0. The Bertz CT molecular complexity index is 1590. The van der Waals surface area contributed by atoms with Crippen molar-refractivity contribution in [3.8, 4) is 0 Å². The van der Waals surface area contributed by atoms with E-state index in [1.165, 1.54) is 19.3 Å². The molecule has 0 fully saturated rings. The molecule has 1 atom stereocenters. The normalized spacial score (nSPS) is 13.4. The molecule has 0 rings (SSSR count). The highest BCUT2D eigenvalue weighted by Crippen LogP contribution is 2.10. The third-order valence-electron chi connectivity index (χ3n) is 10.3. The minimum atomic E-state index is -0.832. The lowest BCUT2D eigenvalue weighted by atomic mass is 10.1. The average molecular weight is 935 g/mol. The van der Waals surface area contributed by atoms with Crippen molar-refractivity contribution in [2.75, 3.05) is 13.2 Å². The molecule has 0 aromatic carbocycles. The Kier molecular flexibility index (Phi) is 50.6. The first-order valence-electron chi connectivity index (χ1n) is 26.5. The molecule has 0 saturated heterocycles. The highest BCUT2D eigenvalue weighted by Gasteiger charge is 2.19. The van der Waals surface area contributed by atoms with Gasteiger partial charge >= 0.3 is 17.9 Å². The molecular formula is C62H94O6. The molecule has 0 saturated carbocycles. The van der Waals surface area contributed by atoms with Crippen LogP contribution in [-0.2, 0) is 28.6 Å². The Morgan fingerprint density at radius 3 is 0.956 bits per heavy atom. The van der Waals surface area contributed by atoms with Crippen molar-refractivity contribution >= 4 is 17.9 Å². The smallest absolute Gasteiger partial charge is 0.306 e. The maximum atomic E-state index is 12.7. The number of unbranched alkanes of at least 4 members (excludes halogenated alkanes) is 8. The third-order valence-corrected chi connectivity index (χ3v) is 10.3. The summed E-state index contributed by atoms with van der Waals surface area (Å²) in [5, 5.41) is 0. The Morgan fingerprint density at radius 2 is 0.603 bits per heavy atom. The minimum absolute atomic E-state index is 0.124. The molecule has 0 aromatic heterocycles. The molecule has 6 nitrogen and oxygen atoms in total. The van der Waals surface area contributed by atoms with Crippen LogP contribution in [0, 0.1) is 0 Å². The standard InChI is InChI=1S/C62H94O6/c1-4-7-10-13-16-18-20-22-23-24-25-26-27-28-29-30-31-32-33-34-35-36-37-38-39-41-42-44-46-49-52-55-61(64)67-58-59(57-66-60(63)54-51-48-15-12-9-6-3)68-62(65)56-53-50-47-45-43-40-21-19-17-14-11-8-5-2/h7-8,10-11,16-19,22-23,25-26,28-29,31-32,34-35,37-38,40-43,47,50,59H,4-6,9,12-15,20-21,24,27,30,33,36,39,44-46,48-49,51-58H2,1-3H3/b10-7-,11-8-,18-16-,19-17-,23-22-,26-25-,29-28-,32-31-,35-34-,38-37-,42-41-,43-40-,50-47-. The fraction of sp³-hybridized carbons (Fsp3) is 0.532. The van der Waals surface area contributed by atoms with Crippen LogP contribution in [0.3, 0.4) is 0 Å². The Balaban J connectivity index is 4.29. The van der Waals surface area contributed by atoms with Crippen molar-refractivity contribution in [1.82, 2.24) is 0 Å². The Morgan fingerprint density at radius 1 is 0.309 bits per heavy atom. The van der Waals surface area contributed by atoms with Gasteiger partial charge in [-0.05, 0) is 116 Å². The van der Waals surface area contributed by atoms with E-state index in [-0.39, 0.29) is 31.6 Å². The van der Waals surface area contributed by atoms with E-state index in [9.17, 15) is 14.4 Å². The van der Waals surface area contributed by atoms with Gasteiger partial charge in [-0.3, -0.25) is 14.4 Å². The highest BCUT2D eigenvalue weighted by molar-refractivity contribution is 5.71. The first-order valence-corrected chi connectivity index (χ1v) is 26.5. The number of ether oxygens (including phenoxy) is 3. The summed E-state index contributed by atoms with van der Waals surface area (Å²) in [6, 6.07) is 0. The van der Waals surface area contributed by atoms with Gasteiger partial charge in [0.1, 0.15) is 13.2 Å². The maximum absolute atomic E-state index is 12.7. The van der Waals surface area contributed by atoms with Crippen molar-refractivity contribution < 1.29 is 28.6 Å². The zero-order valence-corrected chi connectivity index (χ0v) is 43.0. The number of carbonyl (C=O) groups is 3. The van der Waals surface area contributed by atoms with Crippen LogP contribution in [0.2, 0.25) is 0 Å². The van der Waals surface area contributed by atoms with Crippen LogP contribution in [0.5, 0.6) is 0 Å². The molecule has 0 amide bonds. The number of rotatable bonds is 45. The van der Waals surface area contributed by atoms with Crippen LogP contribution in [0.15, 0.2) is 158 Å². The van der Waals surface area contributed by atoms with E-state index in [2.05, 4.69) is 167 Å². The first-order chi connectivity index (χ1) is 33.5. The minimum Gasteiger partial charge on any atom is -0.462 e. The van der Waals surface area contributed by atoms with Crippen LogP contribution in [0.1, 0.15) is 194 Å². The second-order valence-electron chi connectivity index (χ2n) is 16.7. The van der Waals surface area contributed by atoms with Gasteiger partial charge in [-0.15, -0.1) is 0 Å². The van der Waals surface area contributed by atoms with E-state index in [1.54, 1.807) is 0 Å². The van der Waals surface area contributed by atoms with Gasteiger partial charge in [-0.1, -0.05) is 217 Å². The van der Waals surface area contributed by atoms with E-state index in [1.807, 2.05) is 12.2 Å². The third kappa shape index (κ3) is 52.0. The van der Waals surface area contributed by atoms with Gasteiger partial charge < -0.3 is 14.2 Å². The quantitative estimate of drug-likeness (QED) is 0.0262. The fourth-order valence-electron chi connectivity index (χ4n) is 6.39. The maximum Gasteiger partial charge on any atom is 0.306 e. The molecule has 0 aliphatic carbocycles. The van der Waals surface area contributed by atoms with Crippen molar-refractivity contribution in [3.05, 3.63) is 158 Å². The van der Waals surface area contributed by atoms with Crippen LogP contribution in [-0.4, -0.2) is 37.2 Å². The number of allylic oxidation sites excluding steroid dienone is 26. The zero-order chi connectivity index (χ0) is 49.3. The van der Waals surface area contributed by atoms with E-state index >= 15 is 0 Å². The van der Waals surface area contributed by atoms with Crippen molar-refractivity contribution in [2.24, 2.45) is 0 Å². The molecule has 0 aliphatic rings. The van der Waals surface area contributed by atoms with E-state index in [4.69, 9.17) is 14.2 Å². The molecule has 68 heavy (non-hydrogen) atoms. The lowest BCUT2D eigenvalue weighted by Gasteiger charge is -2.18. The van der Waals surface area contributed by atoms with E-state index < -0.39 is 12.1 Å². The molecule has 0 bridgehead atoms. The molecular weight excluding hydrogens is 841 g/mol. The summed E-state index contributed by atoms with van der Waals surface area (Å²) >= 11 is 0. The fourth-order valence-corrected chi connectivity index (χ4v) is 6.39. The number of hydrogen-bond donors (Lipinski definition) is 0. The lowest BCUT2D eigenvalue weighted by Crippen LogP contribution is -2.30. The van der Waals surface area contributed by atoms with Gasteiger partial charge in [0.2, 0.25) is 0 Å². The van der Waals surface area contributed by atoms with E-state index in [0.29, 0.717) is 19.3 Å². The molecule has 0 radical (unpaired) electrons. The average Bonchev–Trinajstić information content (AvgIpc) is 3.34. The molecule has 1 unspecified atom stereocenters.